The summed E-state index contributed by atoms with van der Waals surface area (Å²) < 4.78 is 36.4. The fourth-order valence-corrected chi connectivity index (χ4v) is 6.01. The first kappa shape index (κ1) is 29.4. The molecule has 0 radical (unpaired) electrons. The van der Waals surface area contributed by atoms with Gasteiger partial charge in [-0.25, -0.2) is 0 Å². The van der Waals surface area contributed by atoms with Crippen molar-refractivity contribution in [1.82, 2.24) is 4.48 Å². The predicted octanol–water partition coefficient (Wildman–Crippen LogP) is 8.22. The average molecular weight is 567 g/mol. The number of benzene rings is 2. The minimum Gasteiger partial charge on any atom is -0.390 e. The monoisotopic (exact) mass is 566 g/mol. The van der Waals surface area contributed by atoms with Crippen LogP contribution in [0.25, 0.3) is 23.8 Å². The summed E-state index contributed by atoms with van der Waals surface area (Å²) in [5.74, 6) is 0.313. The lowest BCUT2D eigenvalue weighted by Gasteiger charge is -2.34. The van der Waals surface area contributed by atoms with Crippen LogP contribution < -0.4 is 9.80 Å². The van der Waals surface area contributed by atoms with Gasteiger partial charge < -0.3 is 27.4 Å². The predicted molar refractivity (Wildman–Crippen MR) is 177 cm³/mol. The van der Waals surface area contributed by atoms with Gasteiger partial charge in [-0.15, -0.1) is 0 Å². The number of rotatable bonds is 8. The molecule has 218 valence electrons. The number of hydrogen-bond donors (Lipinski definition) is 0. The van der Waals surface area contributed by atoms with Crippen LogP contribution in [0, 0.1) is 12.8 Å². The molecule has 2 aliphatic heterocycles. The van der Waals surface area contributed by atoms with Crippen LogP contribution in [0.3, 0.4) is 0 Å². The van der Waals surface area contributed by atoms with Gasteiger partial charge in [0.1, 0.15) is 0 Å². The van der Waals surface area contributed by atoms with Crippen LogP contribution in [0.1, 0.15) is 55.3 Å². The van der Waals surface area contributed by atoms with Crippen molar-refractivity contribution in [2.45, 2.75) is 34.1 Å². The average Bonchev–Trinajstić information content (AvgIpc) is 3.46. The normalized spacial score (nSPS) is 16.1. The van der Waals surface area contributed by atoms with Gasteiger partial charge in [-0.1, -0.05) is 44.2 Å². The molecule has 0 atom stereocenters. The van der Waals surface area contributed by atoms with Crippen molar-refractivity contribution in [3.63, 3.8) is 0 Å². The first-order chi connectivity index (χ1) is 19.9. The Morgan fingerprint density at radius 3 is 1.83 bits per heavy atom. The molecule has 0 saturated carbocycles. The zero-order chi connectivity index (χ0) is 30.3. The largest absolute Gasteiger partial charge is 0.737 e. The Balaban J connectivity index is 1.62. The molecule has 3 heterocycles. The molecule has 42 heavy (non-hydrogen) atoms. The van der Waals surface area contributed by atoms with Crippen molar-refractivity contribution in [2.24, 2.45) is 5.92 Å². The van der Waals surface area contributed by atoms with Crippen molar-refractivity contribution in [3.05, 3.63) is 106 Å². The van der Waals surface area contributed by atoms with E-state index in [0.717, 1.165) is 39.2 Å². The van der Waals surface area contributed by atoms with Crippen molar-refractivity contribution in [2.75, 3.05) is 38.0 Å². The van der Waals surface area contributed by atoms with Crippen molar-refractivity contribution < 1.29 is 13.1 Å². The third-order valence-electron chi connectivity index (χ3n) is 8.03. The molecule has 0 unspecified atom stereocenters. The number of nitrogens with zero attached hydrogens (tertiary/aromatic N) is 4. The Kier molecular flexibility index (Phi) is 7.89. The SMILES string of the molecule is CC1=CC(/C=C/c2ccc(N(C)C)cc2)=[N+]2C1=C(CC(C)C)c1c(C)cc(/C=C/c3ccc(N(C)C)cc3)n1[B-]2(F)F. The van der Waals surface area contributed by atoms with E-state index in [-0.39, 0.29) is 0 Å². The molecule has 0 fully saturated rings. The number of aromatic nitrogens is 1. The molecule has 1 aromatic heterocycles. The molecule has 4 nitrogen and oxygen atoms in total. The minimum absolute atomic E-state index is 0.313. The van der Waals surface area contributed by atoms with Gasteiger partial charge in [0.2, 0.25) is 0 Å². The third-order valence-corrected chi connectivity index (χ3v) is 8.03. The molecule has 0 bridgehead atoms. The molecule has 5 rings (SSSR count). The first-order valence-corrected chi connectivity index (χ1v) is 14.6. The first-order valence-electron chi connectivity index (χ1n) is 14.6. The van der Waals surface area contributed by atoms with Crippen LogP contribution in [0.2, 0.25) is 0 Å². The second kappa shape index (κ2) is 11.3. The van der Waals surface area contributed by atoms with Crippen LogP contribution in [0.15, 0.2) is 78.0 Å². The lowest BCUT2D eigenvalue weighted by atomic mass is 9.83. The summed E-state index contributed by atoms with van der Waals surface area (Å²) in [4.78, 5) is 4.08. The smallest absolute Gasteiger partial charge is 0.390 e. The molecule has 0 spiro atoms. The van der Waals surface area contributed by atoms with Crippen LogP contribution in [0.5, 0.6) is 0 Å². The number of aryl methyl sites for hydroxylation is 1. The van der Waals surface area contributed by atoms with E-state index >= 15 is 8.63 Å². The summed E-state index contributed by atoms with van der Waals surface area (Å²) in [6, 6.07) is 18.1. The Morgan fingerprint density at radius 2 is 1.33 bits per heavy atom. The summed E-state index contributed by atoms with van der Waals surface area (Å²) in [5.41, 5.74) is 9.18. The zero-order valence-electron chi connectivity index (χ0n) is 26.0. The summed E-state index contributed by atoms with van der Waals surface area (Å²) in [6.07, 6.45) is 10.1. The fraction of sp³-hybridized carbons (Fsp3) is 0.286. The van der Waals surface area contributed by atoms with E-state index in [9.17, 15) is 0 Å². The molecular formula is C35H41BF2N4. The number of allylic oxidation sites excluding steroid dienone is 4. The summed E-state index contributed by atoms with van der Waals surface area (Å²) in [5, 5.41) is 0. The summed E-state index contributed by atoms with van der Waals surface area (Å²) >= 11 is 0. The molecule has 7 heteroatoms. The van der Waals surface area contributed by atoms with Gasteiger partial charge in [-0.05, 0) is 85.4 Å². The van der Waals surface area contributed by atoms with Gasteiger partial charge in [0.25, 0.3) is 0 Å². The van der Waals surface area contributed by atoms with Gasteiger partial charge in [-0.3, -0.25) is 0 Å². The molecule has 0 saturated heterocycles. The van der Waals surface area contributed by atoms with Crippen LogP contribution >= 0.6 is 0 Å². The lowest BCUT2D eigenvalue weighted by Crippen LogP contribution is -2.51. The highest BCUT2D eigenvalue weighted by Gasteiger charge is 2.55. The topological polar surface area (TPSA) is 14.4 Å². The minimum atomic E-state index is -4.15. The standard InChI is InChI=1S/C35H41BF2N4/c1-24(2)21-33-34-25(3)22-31(19-13-27-9-15-29(16-10-27)39(5)6)41(34)36(37,38)42-32(23-26(4)35(33)42)20-14-28-11-17-30(18-12-28)40(7)8/h9-20,22-24H,21H2,1-8H3/b19-13+,20-14+. The van der Waals surface area contributed by atoms with E-state index in [1.165, 1.54) is 8.96 Å². The van der Waals surface area contributed by atoms with E-state index in [1.807, 2.05) is 137 Å². The number of halogens is 2. The zero-order valence-corrected chi connectivity index (χ0v) is 26.0. The van der Waals surface area contributed by atoms with Gasteiger partial charge in [-0.2, -0.15) is 0 Å². The molecule has 3 aromatic rings. The van der Waals surface area contributed by atoms with Crippen molar-refractivity contribution in [3.8, 4) is 0 Å². The molecule has 0 N–H and O–H groups in total. The van der Waals surface area contributed by atoms with Crippen molar-refractivity contribution in [1.29, 1.82) is 0 Å². The van der Waals surface area contributed by atoms with Crippen LogP contribution in [-0.4, -0.2) is 49.8 Å². The van der Waals surface area contributed by atoms with Crippen LogP contribution in [-0.2, 0) is 0 Å². The lowest BCUT2D eigenvalue weighted by molar-refractivity contribution is -0.362. The molecule has 2 aliphatic rings. The number of hydrogen-bond acceptors (Lipinski definition) is 2. The Bertz CT molecular complexity index is 1650. The second-order valence-electron chi connectivity index (χ2n) is 12.2. The van der Waals surface area contributed by atoms with E-state index < -0.39 is 6.97 Å². The highest BCUT2D eigenvalue weighted by Crippen LogP contribution is 2.44. The van der Waals surface area contributed by atoms with E-state index in [4.69, 9.17) is 0 Å². The summed E-state index contributed by atoms with van der Waals surface area (Å²) in [7, 11) is 7.99. The van der Waals surface area contributed by atoms with Gasteiger partial charge >= 0.3 is 6.97 Å². The molecule has 2 aromatic carbocycles. The second-order valence-corrected chi connectivity index (χ2v) is 12.2. The Hall–Kier alpha value is -4.13. The molecule has 0 aliphatic carbocycles. The maximum Gasteiger partial charge on any atom is 0.737 e. The third kappa shape index (κ3) is 5.40. The highest BCUT2D eigenvalue weighted by atomic mass is 19.2. The Morgan fingerprint density at radius 1 is 0.810 bits per heavy atom. The molecular weight excluding hydrogens is 525 g/mol. The van der Waals surface area contributed by atoms with Crippen molar-refractivity contribution >= 4 is 47.9 Å². The van der Waals surface area contributed by atoms with Crippen LogP contribution in [0.4, 0.5) is 20.0 Å². The number of anilines is 2. The quantitative estimate of drug-likeness (QED) is 0.255. The fourth-order valence-electron chi connectivity index (χ4n) is 6.01. The van der Waals surface area contributed by atoms with E-state index in [1.54, 1.807) is 0 Å². The molecule has 0 amide bonds. The summed E-state index contributed by atoms with van der Waals surface area (Å²) in [6.45, 7) is 4.04. The maximum absolute atomic E-state index is 16.9. The number of fused-ring (bicyclic) bond motifs is 2. The van der Waals surface area contributed by atoms with Gasteiger partial charge in [0.15, 0.2) is 11.4 Å². The van der Waals surface area contributed by atoms with Gasteiger partial charge in [0, 0.05) is 74.3 Å². The van der Waals surface area contributed by atoms with Gasteiger partial charge in [0.05, 0.1) is 0 Å². The van der Waals surface area contributed by atoms with E-state index in [2.05, 4.69) is 13.8 Å². The highest BCUT2D eigenvalue weighted by molar-refractivity contribution is 6.58. The Labute approximate surface area is 249 Å². The van der Waals surface area contributed by atoms with E-state index in [0.29, 0.717) is 35.1 Å². The maximum atomic E-state index is 16.9.